The molecular formula is C27H38N4O4. The second-order valence-electron chi connectivity index (χ2n) is 10.5. The molecule has 1 spiro atoms. The minimum absolute atomic E-state index is 0.0931. The number of allylic oxidation sites excluding steroid dienone is 3. The molecule has 2 amide bonds. The number of carbonyl (C=O) groups is 2. The number of hydrogen-bond donors (Lipinski definition) is 2. The molecular weight excluding hydrogens is 444 g/mol. The summed E-state index contributed by atoms with van der Waals surface area (Å²) < 4.78 is 12.0. The summed E-state index contributed by atoms with van der Waals surface area (Å²) in [6, 6.07) is 0. The minimum atomic E-state index is -0.313. The van der Waals surface area contributed by atoms with Gasteiger partial charge in [0.2, 0.25) is 5.91 Å². The highest BCUT2D eigenvalue weighted by Crippen LogP contribution is 2.32. The molecule has 8 heteroatoms. The van der Waals surface area contributed by atoms with Crippen molar-refractivity contribution in [3.63, 3.8) is 0 Å². The summed E-state index contributed by atoms with van der Waals surface area (Å²) in [7, 11) is 0. The lowest BCUT2D eigenvalue weighted by molar-refractivity contribution is -0.135. The molecule has 3 fully saturated rings. The van der Waals surface area contributed by atoms with Gasteiger partial charge in [0.25, 0.3) is 0 Å². The lowest BCUT2D eigenvalue weighted by Gasteiger charge is -2.34. The Kier molecular flexibility index (Phi) is 7.29. The Hall–Kier alpha value is -2.58. The van der Waals surface area contributed by atoms with Crippen molar-refractivity contribution in [3.05, 3.63) is 47.7 Å². The average Bonchev–Trinajstić information content (AvgIpc) is 3.16. The van der Waals surface area contributed by atoms with Crippen molar-refractivity contribution in [1.82, 2.24) is 15.1 Å². The van der Waals surface area contributed by atoms with Crippen LogP contribution in [0.4, 0.5) is 4.79 Å². The van der Waals surface area contributed by atoms with E-state index in [0.29, 0.717) is 19.5 Å². The summed E-state index contributed by atoms with van der Waals surface area (Å²) in [6.07, 6.45) is 18.1. The van der Waals surface area contributed by atoms with E-state index in [0.717, 1.165) is 76.0 Å². The summed E-state index contributed by atoms with van der Waals surface area (Å²) in [5.74, 6) is 0.435. The molecule has 3 heterocycles. The van der Waals surface area contributed by atoms with E-state index in [-0.39, 0.29) is 35.7 Å². The highest BCUT2D eigenvalue weighted by Gasteiger charge is 2.45. The summed E-state index contributed by atoms with van der Waals surface area (Å²) in [4.78, 5) is 29.1. The number of nitrogens with zero attached hydrogens (tertiary/aromatic N) is 2. The van der Waals surface area contributed by atoms with Crippen LogP contribution in [0.5, 0.6) is 0 Å². The van der Waals surface area contributed by atoms with Gasteiger partial charge in [-0.1, -0.05) is 30.4 Å². The largest absolute Gasteiger partial charge is 0.441 e. The van der Waals surface area contributed by atoms with Crippen molar-refractivity contribution >= 4 is 12.0 Å². The Labute approximate surface area is 207 Å². The molecule has 8 nitrogen and oxygen atoms in total. The van der Waals surface area contributed by atoms with Crippen LogP contribution in [0.2, 0.25) is 0 Å². The molecule has 2 unspecified atom stereocenters. The quantitative estimate of drug-likeness (QED) is 0.604. The molecule has 0 saturated carbocycles. The molecule has 0 aromatic rings. The molecule has 0 bridgehead atoms. The molecule has 35 heavy (non-hydrogen) atoms. The predicted octanol–water partition coefficient (Wildman–Crippen LogP) is 2.63. The molecule has 5 aliphatic rings. The number of hydrogen-bond acceptors (Lipinski definition) is 6. The number of likely N-dealkylation sites (tertiary alicyclic amines) is 1. The van der Waals surface area contributed by atoms with Gasteiger partial charge >= 0.3 is 6.09 Å². The van der Waals surface area contributed by atoms with Crippen molar-refractivity contribution in [1.29, 1.82) is 0 Å². The SMILES string of the molecule is NC1=CCC(OC2CCN(C(=O)CC3C=CC(CN4CC5(CCNCC5)OC4=O)=CC3)CC2)C=C1. The van der Waals surface area contributed by atoms with Crippen molar-refractivity contribution in [3.8, 4) is 0 Å². The number of rotatable bonds is 6. The van der Waals surface area contributed by atoms with E-state index in [4.69, 9.17) is 15.2 Å². The smallest absolute Gasteiger partial charge is 0.410 e. The van der Waals surface area contributed by atoms with Gasteiger partial charge in [-0.15, -0.1) is 0 Å². The number of nitrogens with two attached hydrogens (primary N) is 1. The van der Waals surface area contributed by atoms with Crippen LogP contribution >= 0.6 is 0 Å². The van der Waals surface area contributed by atoms with E-state index < -0.39 is 0 Å². The van der Waals surface area contributed by atoms with Gasteiger partial charge in [-0.3, -0.25) is 9.69 Å². The number of amides is 2. The maximum absolute atomic E-state index is 12.9. The number of ether oxygens (including phenoxy) is 2. The first-order chi connectivity index (χ1) is 17.0. The van der Waals surface area contributed by atoms with Crippen LogP contribution in [0.15, 0.2) is 47.7 Å². The van der Waals surface area contributed by atoms with E-state index >= 15 is 0 Å². The fourth-order valence-corrected chi connectivity index (χ4v) is 5.72. The Bertz CT molecular complexity index is 925. The fraction of sp³-hybridized carbons (Fsp3) is 0.630. The predicted molar refractivity (Wildman–Crippen MR) is 133 cm³/mol. The summed E-state index contributed by atoms with van der Waals surface area (Å²) in [6.45, 7) is 4.55. The number of carbonyl (C=O) groups excluding carboxylic acids is 2. The van der Waals surface area contributed by atoms with Crippen LogP contribution in [0.25, 0.3) is 0 Å². The standard InChI is InChI=1S/C27H38N4O4/c28-22-5-7-23(8-6-22)34-24-9-15-30(16-10-24)25(32)17-20-1-3-21(4-2-20)18-31-19-27(35-26(31)33)11-13-29-14-12-27/h1,3-7,20,23-24,29H,2,8-19,28H2. The maximum atomic E-state index is 12.9. The van der Waals surface area contributed by atoms with E-state index in [1.165, 1.54) is 0 Å². The average molecular weight is 483 g/mol. The summed E-state index contributed by atoms with van der Waals surface area (Å²) in [5, 5.41) is 3.33. The molecule has 3 N–H and O–H groups in total. The van der Waals surface area contributed by atoms with Crippen LogP contribution in [0, 0.1) is 5.92 Å². The number of nitrogens with one attached hydrogen (secondary N) is 1. The third kappa shape index (κ3) is 5.98. The highest BCUT2D eigenvalue weighted by atomic mass is 16.6. The normalized spacial score (nSPS) is 28.7. The first kappa shape index (κ1) is 24.1. The molecule has 2 aliphatic carbocycles. The van der Waals surface area contributed by atoms with Gasteiger partial charge in [-0.05, 0) is 56.3 Å². The van der Waals surface area contributed by atoms with Gasteiger partial charge in [0.1, 0.15) is 5.60 Å². The van der Waals surface area contributed by atoms with Gasteiger partial charge in [-0.25, -0.2) is 4.79 Å². The molecule has 0 radical (unpaired) electrons. The monoisotopic (exact) mass is 482 g/mol. The summed E-state index contributed by atoms with van der Waals surface area (Å²) in [5.41, 5.74) is 7.39. The number of piperidine rings is 2. The van der Waals surface area contributed by atoms with E-state index in [1.54, 1.807) is 0 Å². The Morgan fingerprint density at radius 2 is 1.94 bits per heavy atom. The Morgan fingerprint density at radius 1 is 1.14 bits per heavy atom. The topological polar surface area (TPSA) is 97.1 Å². The van der Waals surface area contributed by atoms with Crippen molar-refractivity contribution in [2.45, 2.75) is 62.8 Å². The van der Waals surface area contributed by atoms with Crippen LogP contribution in [-0.2, 0) is 14.3 Å². The third-order valence-electron chi connectivity index (χ3n) is 7.88. The van der Waals surface area contributed by atoms with Gasteiger partial charge in [-0.2, -0.15) is 0 Å². The minimum Gasteiger partial charge on any atom is -0.441 e. The van der Waals surface area contributed by atoms with Crippen LogP contribution in [0.3, 0.4) is 0 Å². The lowest BCUT2D eigenvalue weighted by Crippen LogP contribution is -2.45. The van der Waals surface area contributed by atoms with Crippen molar-refractivity contribution in [2.24, 2.45) is 11.7 Å². The Morgan fingerprint density at radius 3 is 2.63 bits per heavy atom. The molecule has 0 aromatic heterocycles. The van der Waals surface area contributed by atoms with Crippen LogP contribution < -0.4 is 11.1 Å². The van der Waals surface area contributed by atoms with Crippen LogP contribution in [0.1, 0.15) is 44.9 Å². The molecule has 190 valence electrons. The zero-order valence-electron chi connectivity index (χ0n) is 20.5. The van der Waals surface area contributed by atoms with Gasteiger partial charge in [0, 0.05) is 44.6 Å². The fourth-order valence-electron chi connectivity index (χ4n) is 5.72. The lowest BCUT2D eigenvalue weighted by atomic mass is 9.91. The second kappa shape index (κ2) is 10.6. The maximum Gasteiger partial charge on any atom is 0.410 e. The first-order valence-electron chi connectivity index (χ1n) is 13.1. The molecule has 3 saturated heterocycles. The molecule has 3 aliphatic heterocycles. The van der Waals surface area contributed by atoms with E-state index in [2.05, 4.69) is 23.5 Å². The van der Waals surface area contributed by atoms with Crippen molar-refractivity contribution < 1.29 is 19.1 Å². The molecule has 0 aromatic carbocycles. The third-order valence-corrected chi connectivity index (χ3v) is 7.88. The Balaban J connectivity index is 1.03. The molecule has 5 rings (SSSR count). The van der Waals surface area contributed by atoms with Crippen molar-refractivity contribution in [2.75, 3.05) is 39.3 Å². The second-order valence-corrected chi connectivity index (χ2v) is 10.5. The molecule has 2 atom stereocenters. The zero-order valence-corrected chi connectivity index (χ0v) is 20.5. The first-order valence-corrected chi connectivity index (χ1v) is 13.1. The van der Waals surface area contributed by atoms with E-state index in [1.807, 2.05) is 28.0 Å². The highest BCUT2D eigenvalue weighted by molar-refractivity contribution is 5.77. The van der Waals surface area contributed by atoms with E-state index in [9.17, 15) is 9.59 Å². The van der Waals surface area contributed by atoms with Gasteiger partial charge < -0.3 is 25.4 Å². The van der Waals surface area contributed by atoms with Gasteiger partial charge in [0.05, 0.1) is 18.8 Å². The zero-order chi connectivity index (χ0) is 24.3. The van der Waals surface area contributed by atoms with Crippen LogP contribution in [-0.4, -0.2) is 78.9 Å². The summed E-state index contributed by atoms with van der Waals surface area (Å²) >= 11 is 0. The van der Waals surface area contributed by atoms with Gasteiger partial charge in [0.15, 0.2) is 0 Å².